The maximum absolute atomic E-state index is 9.96. The van der Waals surface area contributed by atoms with Crippen LogP contribution in [0.4, 0.5) is 0 Å². The summed E-state index contributed by atoms with van der Waals surface area (Å²) in [7, 11) is 0. The van der Waals surface area contributed by atoms with E-state index in [2.05, 4.69) is 13.8 Å². The molecule has 0 saturated heterocycles. The van der Waals surface area contributed by atoms with E-state index < -0.39 is 0 Å². The first-order valence-corrected chi connectivity index (χ1v) is 6.02. The summed E-state index contributed by atoms with van der Waals surface area (Å²) in [5, 5.41) is 19.9. The van der Waals surface area contributed by atoms with E-state index in [1.165, 1.54) is 11.1 Å². The smallest absolute Gasteiger partial charge is 0.127 e. The second-order valence-electron chi connectivity index (χ2n) is 4.79. The molecule has 0 bridgehead atoms. The van der Waals surface area contributed by atoms with Gasteiger partial charge in [-0.3, -0.25) is 0 Å². The maximum atomic E-state index is 9.96. The summed E-state index contributed by atoms with van der Waals surface area (Å²) in [6, 6.07) is 6.85. The minimum absolute atomic E-state index is 0.112. The molecule has 18 heavy (non-hydrogen) atoms. The van der Waals surface area contributed by atoms with Crippen LogP contribution < -0.4 is 0 Å². The highest BCUT2D eigenvalue weighted by molar-refractivity contribution is 5.80. The van der Waals surface area contributed by atoms with Gasteiger partial charge in [-0.05, 0) is 67.6 Å². The highest BCUT2D eigenvalue weighted by Gasteiger charge is 2.15. The quantitative estimate of drug-likeness (QED) is 0.793. The average molecular weight is 242 g/mol. The lowest BCUT2D eigenvalue weighted by molar-refractivity contribution is 0.454. The summed E-state index contributed by atoms with van der Waals surface area (Å²) < 4.78 is 0. The Morgan fingerprint density at radius 3 is 1.89 bits per heavy atom. The summed E-state index contributed by atoms with van der Waals surface area (Å²) in [5.74, 6) is 0.224. The molecule has 0 saturated carbocycles. The molecule has 0 heterocycles. The third kappa shape index (κ3) is 1.84. The first kappa shape index (κ1) is 12.5. The maximum Gasteiger partial charge on any atom is 0.127 e. The van der Waals surface area contributed by atoms with Crippen molar-refractivity contribution >= 4 is 0 Å². The molecule has 0 radical (unpaired) electrons. The molecule has 0 amide bonds. The van der Waals surface area contributed by atoms with Gasteiger partial charge in [-0.1, -0.05) is 12.1 Å². The SMILES string of the molecule is Cc1cc(-c2c(O)cccc2O)c(C)c(C)c1C. The molecule has 2 aromatic carbocycles. The lowest BCUT2D eigenvalue weighted by Crippen LogP contribution is -1.95. The first-order chi connectivity index (χ1) is 8.43. The molecule has 0 spiro atoms. The summed E-state index contributed by atoms with van der Waals surface area (Å²) in [4.78, 5) is 0. The van der Waals surface area contributed by atoms with Crippen LogP contribution in [0.15, 0.2) is 24.3 Å². The van der Waals surface area contributed by atoms with E-state index in [4.69, 9.17) is 0 Å². The number of aryl methyl sites for hydroxylation is 1. The fraction of sp³-hybridized carbons (Fsp3) is 0.250. The Labute approximate surface area is 108 Å². The Morgan fingerprint density at radius 1 is 0.778 bits per heavy atom. The van der Waals surface area contributed by atoms with Crippen molar-refractivity contribution in [3.8, 4) is 22.6 Å². The van der Waals surface area contributed by atoms with Crippen LogP contribution in [0.5, 0.6) is 11.5 Å². The van der Waals surface area contributed by atoms with E-state index >= 15 is 0 Å². The minimum Gasteiger partial charge on any atom is -0.507 e. The fourth-order valence-corrected chi connectivity index (χ4v) is 2.28. The third-order valence-electron chi connectivity index (χ3n) is 3.77. The molecule has 2 heteroatoms. The molecule has 2 N–H and O–H groups in total. The van der Waals surface area contributed by atoms with E-state index in [-0.39, 0.29) is 11.5 Å². The Balaban J connectivity index is 2.80. The van der Waals surface area contributed by atoms with E-state index in [1.54, 1.807) is 18.2 Å². The van der Waals surface area contributed by atoms with Crippen molar-refractivity contribution in [3.05, 3.63) is 46.5 Å². The second kappa shape index (κ2) is 4.37. The van der Waals surface area contributed by atoms with Crippen LogP contribution in [0.3, 0.4) is 0 Å². The van der Waals surface area contributed by atoms with Gasteiger partial charge in [0.25, 0.3) is 0 Å². The van der Waals surface area contributed by atoms with Crippen LogP contribution in [0.25, 0.3) is 11.1 Å². The lowest BCUT2D eigenvalue weighted by atomic mass is 9.90. The molecule has 0 aliphatic carbocycles. The highest BCUT2D eigenvalue weighted by atomic mass is 16.3. The number of rotatable bonds is 1. The van der Waals surface area contributed by atoms with Crippen LogP contribution in [-0.4, -0.2) is 10.2 Å². The van der Waals surface area contributed by atoms with E-state index in [1.807, 2.05) is 19.9 Å². The van der Waals surface area contributed by atoms with Gasteiger partial charge in [0, 0.05) is 0 Å². The van der Waals surface area contributed by atoms with Gasteiger partial charge in [0.1, 0.15) is 11.5 Å². The summed E-state index contributed by atoms with van der Waals surface area (Å²) in [6.07, 6.45) is 0. The third-order valence-corrected chi connectivity index (χ3v) is 3.77. The lowest BCUT2D eigenvalue weighted by Gasteiger charge is -2.16. The second-order valence-corrected chi connectivity index (χ2v) is 4.79. The normalized spacial score (nSPS) is 10.7. The van der Waals surface area contributed by atoms with E-state index in [0.717, 1.165) is 16.7 Å². The number of phenolic OH excluding ortho intramolecular Hbond substituents is 2. The summed E-state index contributed by atoms with van der Waals surface area (Å²) in [6.45, 7) is 8.22. The Hall–Kier alpha value is -1.96. The molecule has 0 fully saturated rings. The van der Waals surface area contributed by atoms with Gasteiger partial charge >= 0.3 is 0 Å². The zero-order valence-electron chi connectivity index (χ0n) is 11.2. The van der Waals surface area contributed by atoms with Crippen molar-refractivity contribution in [2.45, 2.75) is 27.7 Å². The molecular formula is C16H18O2. The molecule has 0 unspecified atom stereocenters. The first-order valence-electron chi connectivity index (χ1n) is 6.02. The molecule has 2 rings (SSSR count). The number of hydrogen-bond donors (Lipinski definition) is 2. The van der Waals surface area contributed by atoms with E-state index in [0.29, 0.717) is 5.56 Å². The van der Waals surface area contributed by atoms with Gasteiger partial charge in [0.2, 0.25) is 0 Å². The van der Waals surface area contributed by atoms with Crippen molar-refractivity contribution in [1.82, 2.24) is 0 Å². The van der Waals surface area contributed by atoms with Crippen LogP contribution in [0, 0.1) is 27.7 Å². The van der Waals surface area contributed by atoms with Crippen LogP contribution in [0.2, 0.25) is 0 Å². The topological polar surface area (TPSA) is 40.5 Å². The molecule has 2 aromatic rings. The van der Waals surface area contributed by atoms with Crippen molar-refractivity contribution in [1.29, 1.82) is 0 Å². The van der Waals surface area contributed by atoms with Crippen molar-refractivity contribution in [3.63, 3.8) is 0 Å². The van der Waals surface area contributed by atoms with E-state index in [9.17, 15) is 10.2 Å². The molecule has 94 valence electrons. The van der Waals surface area contributed by atoms with Crippen LogP contribution in [-0.2, 0) is 0 Å². The standard InChI is InChI=1S/C16H18O2/c1-9-8-13(12(4)11(3)10(9)2)16-14(17)6-5-7-15(16)18/h5-8,17-18H,1-4H3. The van der Waals surface area contributed by atoms with Crippen molar-refractivity contribution in [2.24, 2.45) is 0 Å². The minimum atomic E-state index is 0.112. The van der Waals surface area contributed by atoms with Crippen LogP contribution in [0.1, 0.15) is 22.3 Å². The van der Waals surface area contributed by atoms with Gasteiger partial charge in [0.05, 0.1) is 5.56 Å². The predicted molar refractivity (Wildman–Crippen MR) is 74.2 cm³/mol. The summed E-state index contributed by atoms with van der Waals surface area (Å²) >= 11 is 0. The van der Waals surface area contributed by atoms with Crippen molar-refractivity contribution in [2.75, 3.05) is 0 Å². The predicted octanol–water partition coefficient (Wildman–Crippen LogP) is 4.00. The largest absolute Gasteiger partial charge is 0.507 e. The molecule has 0 atom stereocenters. The Morgan fingerprint density at radius 2 is 1.33 bits per heavy atom. The monoisotopic (exact) mass is 242 g/mol. The van der Waals surface area contributed by atoms with Crippen molar-refractivity contribution < 1.29 is 10.2 Å². The van der Waals surface area contributed by atoms with Gasteiger partial charge in [0.15, 0.2) is 0 Å². The average Bonchev–Trinajstić information content (AvgIpc) is 2.32. The Bertz CT molecular complexity index is 593. The fourth-order valence-electron chi connectivity index (χ4n) is 2.28. The van der Waals surface area contributed by atoms with Crippen LogP contribution >= 0.6 is 0 Å². The van der Waals surface area contributed by atoms with Gasteiger partial charge in [-0.2, -0.15) is 0 Å². The van der Waals surface area contributed by atoms with Gasteiger partial charge in [-0.15, -0.1) is 0 Å². The molecular weight excluding hydrogens is 224 g/mol. The number of aromatic hydroxyl groups is 2. The summed E-state index contributed by atoms with van der Waals surface area (Å²) in [5.41, 5.74) is 6.12. The Kier molecular flexibility index (Phi) is 3.04. The zero-order valence-corrected chi connectivity index (χ0v) is 11.2. The highest BCUT2D eigenvalue weighted by Crippen LogP contribution is 2.40. The zero-order chi connectivity index (χ0) is 13.4. The number of benzene rings is 2. The molecule has 0 aliphatic rings. The molecule has 0 aliphatic heterocycles. The molecule has 2 nitrogen and oxygen atoms in total. The number of hydrogen-bond acceptors (Lipinski definition) is 2. The number of phenols is 2. The van der Waals surface area contributed by atoms with Gasteiger partial charge < -0.3 is 10.2 Å². The molecule has 0 aromatic heterocycles. The van der Waals surface area contributed by atoms with Gasteiger partial charge in [-0.25, -0.2) is 0 Å².